The molecular weight excluding hydrogens is 294 g/mol. The summed E-state index contributed by atoms with van der Waals surface area (Å²) in [5.41, 5.74) is 0.495. The van der Waals surface area contributed by atoms with Gasteiger partial charge in [-0.25, -0.2) is 8.42 Å². The number of rotatable bonds is 5. The van der Waals surface area contributed by atoms with Gasteiger partial charge in [-0.2, -0.15) is 0 Å². The maximum atomic E-state index is 11.9. The fourth-order valence-electron chi connectivity index (χ4n) is 2.26. The Balaban J connectivity index is 1.91. The highest BCUT2D eigenvalue weighted by atomic mass is 32.2. The van der Waals surface area contributed by atoms with Crippen molar-refractivity contribution < 1.29 is 18.0 Å². The molecule has 21 heavy (non-hydrogen) atoms. The number of likely N-dealkylation sites (tertiary alicyclic amines) is 1. The Labute approximate surface area is 123 Å². The number of carbonyl (C=O) groups excluding carboxylic acids is 2. The first-order valence-corrected chi connectivity index (χ1v) is 8.20. The van der Waals surface area contributed by atoms with Gasteiger partial charge in [-0.05, 0) is 18.1 Å². The van der Waals surface area contributed by atoms with E-state index in [1.54, 1.807) is 24.1 Å². The topological polar surface area (TPSA) is 96.4 Å². The van der Waals surface area contributed by atoms with E-state index >= 15 is 0 Å². The first kappa shape index (κ1) is 15.4. The lowest BCUT2D eigenvalue weighted by Gasteiger charge is -2.11. The zero-order valence-electron chi connectivity index (χ0n) is 11.7. The lowest BCUT2D eigenvalue weighted by molar-refractivity contribution is -0.132. The predicted octanol–water partition coefficient (Wildman–Crippen LogP) is -0.104. The Hall–Kier alpha value is -1.96. The van der Waals surface area contributed by atoms with Gasteiger partial charge < -0.3 is 4.90 Å². The van der Waals surface area contributed by atoms with Gasteiger partial charge in [-0.3, -0.25) is 19.3 Å². The lowest BCUT2D eigenvalue weighted by Crippen LogP contribution is -2.34. The molecule has 1 atom stereocenters. The van der Waals surface area contributed by atoms with E-state index in [0.29, 0.717) is 18.5 Å². The summed E-state index contributed by atoms with van der Waals surface area (Å²) >= 11 is 0. The summed E-state index contributed by atoms with van der Waals surface area (Å²) in [6, 6.07) is 3.24. The second-order valence-electron chi connectivity index (χ2n) is 5.10. The summed E-state index contributed by atoms with van der Waals surface area (Å²) in [5, 5.41) is 0. The molecule has 1 aromatic heterocycles. The molecule has 7 nitrogen and oxygen atoms in total. The van der Waals surface area contributed by atoms with Crippen LogP contribution in [0.1, 0.15) is 18.4 Å². The largest absolute Gasteiger partial charge is 0.345 e. The Morgan fingerprint density at radius 1 is 1.52 bits per heavy atom. The van der Waals surface area contributed by atoms with Crippen LogP contribution in [-0.2, 0) is 25.4 Å². The summed E-state index contributed by atoms with van der Waals surface area (Å²) in [4.78, 5) is 28.8. The van der Waals surface area contributed by atoms with Crippen molar-refractivity contribution in [2.45, 2.75) is 18.6 Å². The molecule has 0 bridgehead atoms. The van der Waals surface area contributed by atoms with E-state index in [1.807, 2.05) is 4.72 Å². The second-order valence-corrected chi connectivity index (χ2v) is 6.82. The minimum absolute atomic E-state index is 0.102. The summed E-state index contributed by atoms with van der Waals surface area (Å²) in [7, 11) is -2.10. The quantitative estimate of drug-likeness (QED) is 0.819. The third-order valence-electron chi connectivity index (χ3n) is 3.32. The summed E-state index contributed by atoms with van der Waals surface area (Å²) in [6.07, 6.45) is 3.44. The van der Waals surface area contributed by atoms with Gasteiger partial charge in [0.05, 0.1) is 5.75 Å². The fourth-order valence-corrected chi connectivity index (χ4v) is 3.37. The lowest BCUT2D eigenvalue weighted by atomic mass is 10.0. The Kier molecular flexibility index (Phi) is 4.56. The molecule has 2 amide bonds. The van der Waals surface area contributed by atoms with E-state index in [0.717, 1.165) is 0 Å². The van der Waals surface area contributed by atoms with E-state index in [1.165, 1.54) is 12.4 Å². The number of nitrogens with one attached hydrogen (secondary N) is 1. The molecular formula is C13H17N3O4S. The van der Waals surface area contributed by atoms with Crippen molar-refractivity contribution >= 4 is 21.8 Å². The number of amides is 2. The van der Waals surface area contributed by atoms with E-state index in [9.17, 15) is 18.0 Å². The summed E-state index contributed by atoms with van der Waals surface area (Å²) in [6.45, 7) is 0.596. The minimum Gasteiger partial charge on any atom is -0.345 e. The first-order chi connectivity index (χ1) is 9.87. The normalized spacial score (nSPS) is 18.8. The maximum Gasteiger partial charge on any atom is 0.239 e. The van der Waals surface area contributed by atoms with E-state index < -0.39 is 21.8 Å². The van der Waals surface area contributed by atoms with Gasteiger partial charge >= 0.3 is 0 Å². The highest BCUT2D eigenvalue weighted by Crippen LogP contribution is 2.19. The minimum atomic E-state index is -3.77. The van der Waals surface area contributed by atoms with Crippen LogP contribution in [0.25, 0.3) is 0 Å². The molecule has 0 spiro atoms. The van der Waals surface area contributed by atoms with E-state index in [4.69, 9.17) is 0 Å². The molecule has 114 valence electrons. The Morgan fingerprint density at radius 2 is 2.29 bits per heavy atom. The van der Waals surface area contributed by atoms with Crippen molar-refractivity contribution in [3.63, 3.8) is 0 Å². The molecule has 2 heterocycles. The molecule has 1 aliphatic rings. The molecule has 1 fully saturated rings. The number of nitrogens with zero attached hydrogens (tertiary/aromatic N) is 2. The Morgan fingerprint density at radius 3 is 2.86 bits per heavy atom. The zero-order valence-corrected chi connectivity index (χ0v) is 12.5. The van der Waals surface area contributed by atoms with Crippen LogP contribution in [0.5, 0.6) is 0 Å². The highest BCUT2D eigenvalue weighted by molar-refractivity contribution is 7.89. The molecule has 1 saturated heterocycles. The van der Waals surface area contributed by atoms with Crippen molar-refractivity contribution in [2.75, 3.05) is 13.6 Å². The molecule has 8 heteroatoms. The molecule has 1 N–H and O–H groups in total. The van der Waals surface area contributed by atoms with Gasteiger partial charge in [0.15, 0.2) is 0 Å². The van der Waals surface area contributed by atoms with Crippen molar-refractivity contribution in [3.05, 3.63) is 30.1 Å². The number of carbonyl (C=O) groups is 2. The van der Waals surface area contributed by atoms with Crippen LogP contribution >= 0.6 is 0 Å². The molecule has 0 aliphatic carbocycles. The van der Waals surface area contributed by atoms with Crippen molar-refractivity contribution in [1.29, 1.82) is 0 Å². The first-order valence-electron chi connectivity index (χ1n) is 6.54. The number of sulfonamides is 1. The molecule has 0 radical (unpaired) electrons. The summed E-state index contributed by atoms with van der Waals surface area (Å²) in [5.74, 6) is -1.50. The second kappa shape index (κ2) is 6.21. The number of hydrogen-bond acceptors (Lipinski definition) is 5. The van der Waals surface area contributed by atoms with Crippen LogP contribution in [0.3, 0.4) is 0 Å². The van der Waals surface area contributed by atoms with Crippen LogP contribution in [0.4, 0.5) is 0 Å². The number of aromatic nitrogens is 1. The fraction of sp³-hybridized carbons (Fsp3) is 0.462. The van der Waals surface area contributed by atoms with Gasteiger partial charge in [0, 0.05) is 38.3 Å². The van der Waals surface area contributed by atoms with Crippen LogP contribution in [-0.4, -0.2) is 43.7 Å². The molecule has 0 aromatic carbocycles. The summed E-state index contributed by atoms with van der Waals surface area (Å²) < 4.78 is 25.8. The molecule has 1 aliphatic heterocycles. The SMILES string of the molecule is CN1CCC(CC(=O)NS(=O)(=O)Cc2cccnc2)C1=O. The Bertz CT molecular complexity index is 630. The average molecular weight is 311 g/mol. The van der Waals surface area contributed by atoms with Gasteiger partial charge in [0.25, 0.3) is 0 Å². The average Bonchev–Trinajstić information content (AvgIpc) is 2.70. The standard InChI is InChI=1S/C13H17N3O4S/c1-16-6-4-11(13(16)18)7-12(17)15-21(19,20)9-10-3-2-5-14-8-10/h2-3,5,8,11H,4,6-7,9H2,1H3,(H,15,17). The van der Waals surface area contributed by atoms with Crippen LogP contribution in [0, 0.1) is 5.92 Å². The van der Waals surface area contributed by atoms with Crippen molar-refractivity contribution in [1.82, 2.24) is 14.6 Å². The zero-order chi connectivity index (χ0) is 15.5. The van der Waals surface area contributed by atoms with Crippen LogP contribution in [0.2, 0.25) is 0 Å². The van der Waals surface area contributed by atoms with Crippen molar-refractivity contribution in [3.8, 4) is 0 Å². The van der Waals surface area contributed by atoms with Crippen LogP contribution in [0.15, 0.2) is 24.5 Å². The van der Waals surface area contributed by atoms with Gasteiger partial charge in [-0.15, -0.1) is 0 Å². The molecule has 2 rings (SSSR count). The maximum absolute atomic E-state index is 11.9. The third-order valence-corrected chi connectivity index (χ3v) is 4.57. The molecule has 0 saturated carbocycles. The van der Waals surface area contributed by atoms with E-state index in [-0.39, 0.29) is 18.1 Å². The number of pyridine rings is 1. The third kappa shape index (κ3) is 4.25. The molecule has 1 aromatic rings. The van der Waals surface area contributed by atoms with Crippen molar-refractivity contribution in [2.24, 2.45) is 5.92 Å². The predicted molar refractivity (Wildman–Crippen MR) is 75.4 cm³/mol. The van der Waals surface area contributed by atoms with E-state index in [2.05, 4.69) is 4.98 Å². The van der Waals surface area contributed by atoms with Gasteiger partial charge in [-0.1, -0.05) is 6.07 Å². The van der Waals surface area contributed by atoms with Gasteiger partial charge in [0.1, 0.15) is 0 Å². The van der Waals surface area contributed by atoms with Gasteiger partial charge in [0.2, 0.25) is 21.8 Å². The monoisotopic (exact) mass is 311 g/mol. The molecule has 1 unspecified atom stereocenters. The van der Waals surface area contributed by atoms with Crippen LogP contribution < -0.4 is 4.72 Å². The smallest absolute Gasteiger partial charge is 0.239 e. The number of hydrogen-bond donors (Lipinski definition) is 1. The highest BCUT2D eigenvalue weighted by Gasteiger charge is 2.31.